The first-order chi connectivity index (χ1) is 14.1. The van der Waals surface area contributed by atoms with Crippen LogP contribution in [0.15, 0.2) is 35.3 Å². The zero-order valence-corrected chi connectivity index (χ0v) is 18.0. The van der Waals surface area contributed by atoms with Crippen molar-refractivity contribution in [2.24, 2.45) is 10.9 Å². The Bertz CT molecular complexity index is 648. The number of benzene rings is 1. The molecule has 6 nitrogen and oxygen atoms in total. The first-order valence-electron chi connectivity index (χ1n) is 11.0. The van der Waals surface area contributed by atoms with E-state index in [0.717, 1.165) is 44.4 Å². The summed E-state index contributed by atoms with van der Waals surface area (Å²) in [6.07, 6.45) is 7.78. The van der Waals surface area contributed by atoms with E-state index in [2.05, 4.69) is 22.3 Å². The Labute approximate surface area is 175 Å². The normalized spacial score (nSPS) is 18.8. The number of rotatable bonds is 7. The number of carbonyl (C=O) groups excluding carboxylic acids is 1. The highest BCUT2D eigenvalue weighted by Crippen LogP contribution is 2.26. The Morgan fingerprint density at radius 2 is 1.83 bits per heavy atom. The van der Waals surface area contributed by atoms with Gasteiger partial charge >= 0.3 is 0 Å². The van der Waals surface area contributed by atoms with E-state index in [1.54, 1.807) is 19.0 Å². The van der Waals surface area contributed by atoms with Gasteiger partial charge in [0.25, 0.3) is 0 Å². The third-order valence-corrected chi connectivity index (χ3v) is 5.93. The first kappa shape index (κ1) is 21.6. The number of aliphatic imine (C=N–C) groups is 1. The quantitative estimate of drug-likeness (QED) is 0.565. The number of nitrogens with one attached hydrogen (secondary N) is 1. The lowest BCUT2D eigenvalue weighted by Gasteiger charge is -2.34. The monoisotopic (exact) mass is 400 g/mol. The van der Waals surface area contributed by atoms with Gasteiger partial charge in [0, 0.05) is 33.8 Å². The molecule has 0 bridgehead atoms. The Balaban J connectivity index is 1.53. The molecule has 1 amide bonds. The van der Waals surface area contributed by atoms with Gasteiger partial charge in [0.1, 0.15) is 0 Å². The number of likely N-dealkylation sites (N-methyl/N-ethyl adjacent to an activating group) is 1. The third kappa shape index (κ3) is 7.03. The summed E-state index contributed by atoms with van der Waals surface area (Å²) in [4.78, 5) is 20.7. The molecule has 1 heterocycles. The second-order valence-corrected chi connectivity index (χ2v) is 8.44. The summed E-state index contributed by atoms with van der Waals surface area (Å²) in [5.41, 5.74) is 1.17. The zero-order chi connectivity index (χ0) is 20.5. The van der Waals surface area contributed by atoms with E-state index in [4.69, 9.17) is 9.73 Å². The van der Waals surface area contributed by atoms with Gasteiger partial charge in [-0.15, -0.1) is 0 Å². The number of piperidine rings is 1. The molecule has 1 aliphatic heterocycles. The maximum atomic E-state index is 12.0. The number of guanidine groups is 1. The Morgan fingerprint density at radius 1 is 1.14 bits per heavy atom. The van der Waals surface area contributed by atoms with Crippen molar-refractivity contribution in [1.29, 1.82) is 0 Å². The van der Waals surface area contributed by atoms with Gasteiger partial charge in [-0.2, -0.15) is 0 Å². The summed E-state index contributed by atoms with van der Waals surface area (Å²) >= 11 is 0. The molecule has 1 aliphatic carbocycles. The van der Waals surface area contributed by atoms with E-state index in [0.29, 0.717) is 12.6 Å². The molecule has 2 aliphatic rings. The molecule has 1 aromatic carbocycles. The molecule has 1 N–H and O–H groups in total. The summed E-state index contributed by atoms with van der Waals surface area (Å²) < 4.78 is 6.21. The Kier molecular flexibility index (Phi) is 8.35. The van der Waals surface area contributed by atoms with Crippen LogP contribution in [-0.4, -0.2) is 68.1 Å². The summed E-state index contributed by atoms with van der Waals surface area (Å²) in [6.45, 7) is 3.61. The molecule has 0 spiro atoms. The van der Waals surface area contributed by atoms with E-state index in [1.807, 2.05) is 18.2 Å². The topological polar surface area (TPSA) is 57.2 Å². The Morgan fingerprint density at radius 3 is 2.48 bits per heavy atom. The number of carbonyl (C=O) groups is 1. The molecule has 3 rings (SSSR count). The standard InChI is InChI=1S/C23H36N4O2/c1-26(2)22(28)17-25-23(24-16-19-8-4-3-5-9-19)27-14-12-21(13-15-27)29-18-20-10-6-7-11-20/h3-5,8-9,20-21H,6-7,10-18H2,1-2H3,(H,24,25). The molecule has 0 radical (unpaired) electrons. The van der Waals surface area contributed by atoms with E-state index >= 15 is 0 Å². The predicted octanol–water partition coefficient (Wildman–Crippen LogP) is 2.89. The summed E-state index contributed by atoms with van der Waals surface area (Å²) in [6, 6.07) is 10.2. The average Bonchev–Trinajstić information content (AvgIpc) is 3.27. The van der Waals surface area contributed by atoms with Crippen LogP contribution in [0.25, 0.3) is 0 Å². The minimum atomic E-state index is 0.0483. The molecular weight excluding hydrogens is 364 g/mol. The van der Waals surface area contributed by atoms with Gasteiger partial charge in [0.15, 0.2) is 5.96 Å². The maximum Gasteiger partial charge on any atom is 0.241 e. The van der Waals surface area contributed by atoms with Crippen molar-refractivity contribution in [3.63, 3.8) is 0 Å². The van der Waals surface area contributed by atoms with Crippen molar-refractivity contribution in [2.75, 3.05) is 40.3 Å². The van der Waals surface area contributed by atoms with Gasteiger partial charge < -0.3 is 19.9 Å². The van der Waals surface area contributed by atoms with Crippen molar-refractivity contribution < 1.29 is 9.53 Å². The van der Waals surface area contributed by atoms with Crippen LogP contribution in [0.1, 0.15) is 44.1 Å². The van der Waals surface area contributed by atoms with Crippen LogP contribution in [0, 0.1) is 5.92 Å². The fraction of sp³-hybridized carbons (Fsp3) is 0.652. The number of nitrogens with zero attached hydrogens (tertiary/aromatic N) is 3. The van der Waals surface area contributed by atoms with Gasteiger partial charge in [-0.25, -0.2) is 4.99 Å². The Hall–Kier alpha value is -2.08. The number of amides is 1. The van der Waals surface area contributed by atoms with E-state index in [1.165, 1.54) is 31.2 Å². The highest BCUT2D eigenvalue weighted by Gasteiger charge is 2.24. The summed E-state index contributed by atoms with van der Waals surface area (Å²) in [5.74, 6) is 1.64. The molecule has 1 saturated carbocycles. The number of hydrogen-bond donors (Lipinski definition) is 1. The van der Waals surface area contributed by atoms with Crippen LogP contribution >= 0.6 is 0 Å². The van der Waals surface area contributed by atoms with E-state index in [9.17, 15) is 4.79 Å². The molecule has 2 fully saturated rings. The second-order valence-electron chi connectivity index (χ2n) is 8.44. The molecule has 0 atom stereocenters. The smallest absolute Gasteiger partial charge is 0.241 e. The fourth-order valence-corrected chi connectivity index (χ4v) is 4.01. The zero-order valence-electron chi connectivity index (χ0n) is 18.0. The van der Waals surface area contributed by atoms with Crippen LogP contribution < -0.4 is 5.32 Å². The van der Waals surface area contributed by atoms with Crippen LogP contribution in [0.2, 0.25) is 0 Å². The van der Waals surface area contributed by atoms with Crippen LogP contribution in [0.3, 0.4) is 0 Å². The second kappa shape index (κ2) is 11.2. The van der Waals surface area contributed by atoms with Gasteiger partial charge in [-0.05, 0) is 37.2 Å². The molecule has 0 aromatic heterocycles. The first-order valence-corrected chi connectivity index (χ1v) is 11.0. The molecule has 160 valence electrons. The van der Waals surface area contributed by atoms with Crippen molar-refractivity contribution in [2.45, 2.75) is 51.2 Å². The lowest BCUT2D eigenvalue weighted by Crippen LogP contribution is -2.49. The highest BCUT2D eigenvalue weighted by molar-refractivity contribution is 5.86. The number of hydrogen-bond acceptors (Lipinski definition) is 3. The van der Waals surface area contributed by atoms with Crippen LogP contribution in [-0.2, 0) is 16.1 Å². The lowest BCUT2D eigenvalue weighted by molar-refractivity contribution is -0.127. The number of likely N-dealkylation sites (tertiary alicyclic amines) is 1. The van der Waals surface area contributed by atoms with Gasteiger partial charge in [-0.3, -0.25) is 4.79 Å². The molecule has 1 saturated heterocycles. The van der Waals surface area contributed by atoms with Gasteiger partial charge in [0.05, 0.1) is 19.2 Å². The number of ether oxygens (including phenoxy) is 1. The molecule has 0 unspecified atom stereocenters. The highest BCUT2D eigenvalue weighted by atomic mass is 16.5. The summed E-state index contributed by atoms with van der Waals surface area (Å²) in [7, 11) is 3.55. The van der Waals surface area contributed by atoms with Gasteiger partial charge in [-0.1, -0.05) is 43.2 Å². The minimum Gasteiger partial charge on any atom is -0.378 e. The average molecular weight is 401 g/mol. The van der Waals surface area contributed by atoms with Crippen LogP contribution in [0.5, 0.6) is 0 Å². The minimum absolute atomic E-state index is 0.0483. The molecule has 29 heavy (non-hydrogen) atoms. The summed E-state index contributed by atoms with van der Waals surface area (Å²) in [5, 5.41) is 3.28. The van der Waals surface area contributed by atoms with Crippen molar-refractivity contribution in [3.05, 3.63) is 35.9 Å². The molecular formula is C23H36N4O2. The van der Waals surface area contributed by atoms with Crippen LogP contribution in [0.4, 0.5) is 0 Å². The van der Waals surface area contributed by atoms with E-state index < -0.39 is 0 Å². The van der Waals surface area contributed by atoms with Crippen molar-refractivity contribution in [3.8, 4) is 0 Å². The maximum absolute atomic E-state index is 12.0. The molecule has 6 heteroatoms. The molecule has 1 aromatic rings. The third-order valence-electron chi connectivity index (χ3n) is 5.93. The predicted molar refractivity (Wildman–Crippen MR) is 117 cm³/mol. The van der Waals surface area contributed by atoms with Crippen molar-refractivity contribution >= 4 is 11.9 Å². The van der Waals surface area contributed by atoms with Gasteiger partial charge in [0.2, 0.25) is 5.91 Å². The van der Waals surface area contributed by atoms with Crippen molar-refractivity contribution in [1.82, 2.24) is 15.1 Å². The SMILES string of the molecule is CN(C)C(=O)CNC(=NCc1ccccc1)N1CCC(OCC2CCCC2)CC1. The largest absolute Gasteiger partial charge is 0.378 e. The lowest BCUT2D eigenvalue weighted by atomic mass is 10.1. The fourth-order valence-electron chi connectivity index (χ4n) is 4.01. The van der Waals surface area contributed by atoms with E-state index in [-0.39, 0.29) is 12.5 Å².